The van der Waals surface area contributed by atoms with Gasteiger partial charge in [-0.05, 0) is 32.9 Å². The van der Waals surface area contributed by atoms with Gasteiger partial charge in [0.1, 0.15) is 5.75 Å². The molecule has 0 fully saturated rings. The third-order valence-corrected chi connectivity index (χ3v) is 2.76. The lowest BCUT2D eigenvalue weighted by Gasteiger charge is -2.25. The highest BCUT2D eigenvalue weighted by Gasteiger charge is 2.11. The first-order chi connectivity index (χ1) is 8.62. The highest BCUT2D eigenvalue weighted by molar-refractivity contribution is 5.62. The number of hydrogen-bond donors (Lipinski definition) is 1. The van der Waals surface area contributed by atoms with Crippen LogP contribution in [0.15, 0.2) is 18.2 Å². The Morgan fingerprint density at radius 2 is 2.17 bits per heavy atom. The smallest absolute Gasteiger partial charge is 0.144 e. The number of anilines is 2. The average Bonchev–Trinajstić information content (AvgIpc) is 2.38. The Balaban J connectivity index is 2.92. The molecule has 0 saturated carbocycles. The average molecular weight is 247 g/mol. The van der Waals surface area contributed by atoms with Gasteiger partial charge < -0.3 is 15.4 Å². The molecule has 4 heteroatoms. The maximum atomic E-state index is 8.89. The van der Waals surface area contributed by atoms with Crippen molar-refractivity contribution in [2.24, 2.45) is 5.92 Å². The number of nitrogen functional groups attached to an aromatic ring is 1. The second-order valence-electron chi connectivity index (χ2n) is 4.22. The standard InChI is InChI=1S/C14H21N3O/c1-4-17(10-11(3)9-15)12-6-7-13(16)14(8-12)18-5-2/h6-8,11H,4-5,10,16H2,1-3H3. The predicted octanol–water partition coefficient (Wildman–Crippen LogP) is 2.65. The van der Waals surface area contributed by atoms with E-state index in [0.29, 0.717) is 24.6 Å². The summed E-state index contributed by atoms with van der Waals surface area (Å²) < 4.78 is 5.49. The third-order valence-electron chi connectivity index (χ3n) is 2.76. The fourth-order valence-electron chi connectivity index (χ4n) is 1.79. The molecule has 1 aromatic rings. The van der Waals surface area contributed by atoms with Crippen LogP contribution in [-0.2, 0) is 0 Å². The van der Waals surface area contributed by atoms with Gasteiger partial charge in [0.15, 0.2) is 0 Å². The van der Waals surface area contributed by atoms with Crippen LogP contribution in [0.3, 0.4) is 0 Å². The zero-order valence-corrected chi connectivity index (χ0v) is 11.3. The predicted molar refractivity (Wildman–Crippen MR) is 74.7 cm³/mol. The highest BCUT2D eigenvalue weighted by atomic mass is 16.5. The fourth-order valence-corrected chi connectivity index (χ4v) is 1.79. The summed E-state index contributed by atoms with van der Waals surface area (Å²) in [6.45, 7) is 8.07. The third kappa shape index (κ3) is 3.56. The van der Waals surface area contributed by atoms with E-state index < -0.39 is 0 Å². The van der Waals surface area contributed by atoms with Gasteiger partial charge in [0.25, 0.3) is 0 Å². The van der Waals surface area contributed by atoms with Gasteiger partial charge in [-0.15, -0.1) is 0 Å². The number of nitrogens with two attached hydrogens (primary N) is 1. The van der Waals surface area contributed by atoms with Crippen molar-refractivity contribution < 1.29 is 4.74 Å². The quantitative estimate of drug-likeness (QED) is 0.785. The minimum atomic E-state index is -0.00181. The second-order valence-corrected chi connectivity index (χ2v) is 4.22. The lowest BCUT2D eigenvalue weighted by atomic mass is 10.1. The number of ether oxygens (including phenoxy) is 1. The molecule has 0 bridgehead atoms. The fraction of sp³-hybridized carbons (Fsp3) is 0.500. The number of rotatable bonds is 6. The van der Waals surface area contributed by atoms with Crippen LogP contribution in [-0.4, -0.2) is 19.7 Å². The van der Waals surface area contributed by atoms with E-state index in [4.69, 9.17) is 15.7 Å². The molecule has 0 aliphatic rings. The lowest BCUT2D eigenvalue weighted by molar-refractivity contribution is 0.342. The molecule has 0 spiro atoms. The van der Waals surface area contributed by atoms with E-state index in [-0.39, 0.29) is 5.92 Å². The summed E-state index contributed by atoms with van der Waals surface area (Å²) in [4.78, 5) is 2.15. The van der Waals surface area contributed by atoms with Crippen LogP contribution < -0.4 is 15.4 Å². The van der Waals surface area contributed by atoms with Gasteiger partial charge in [0, 0.05) is 24.8 Å². The molecule has 1 atom stereocenters. The van der Waals surface area contributed by atoms with Crippen molar-refractivity contribution in [3.63, 3.8) is 0 Å². The van der Waals surface area contributed by atoms with E-state index >= 15 is 0 Å². The highest BCUT2D eigenvalue weighted by Crippen LogP contribution is 2.28. The monoisotopic (exact) mass is 247 g/mol. The Kier molecular flexibility index (Phi) is 5.31. The summed E-state index contributed by atoms with van der Waals surface area (Å²) in [5, 5.41) is 8.89. The van der Waals surface area contributed by atoms with E-state index in [1.807, 2.05) is 32.0 Å². The molecule has 0 aliphatic heterocycles. The van der Waals surface area contributed by atoms with Crippen molar-refractivity contribution in [2.75, 3.05) is 30.3 Å². The van der Waals surface area contributed by atoms with E-state index in [1.165, 1.54) is 0 Å². The van der Waals surface area contributed by atoms with Gasteiger partial charge in [-0.3, -0.25) is 0 Å². The topological polar surface area (TPSA) is 62.3 Å². The Bertz CT molecular complexity index is 426. The number of nitriles is 1. The van der Waals surface area contributed by atoms with Crippen LogP contribution in [0, 0.1) is 17.2 Å². The number of hydrogen-bond acceptors (Lipinski definition) is 4. The molecule has 0 saturated heterocycles. The molecule has 0 amide bonds. The van der Waals surface area contributed by atoms with Crippen molar-refractivity contribution in [3.05, 3.63) is 18.2 Å². The first-order valence-electron chi connectivity index (χ1n) is 6.29. The van der Waals surface area contributed by atoms with Crippen molar-refractivity contribution in [1.29, 1.82) is 5.26 Å². The zero-order chi connectivity index (χ0) is 13.5. The van der Waals surface area contributed by atoms with E-state index in [2.05, 4.69) is 17.9 Å². The van der Waals surface area contributed by atoms with Crippen LogP contribution in [0.5, 0.6) is 5.75 Å². The van der Waals surface area contributed by atoms with Gasteiger partial charge in [0.05, 0.1) is 24.3 Å². The van der Waals surface area contributed by atoms with Crippen molar-refractivity contribution in [3.8, 4) is 11.8 Å². The summed E-state index contributed by atoms with van der Waals surface area (Å²) in [6.07, 6.45) is 0. The van der Waals surface area contributed by atoms with Crippen LogP contribution >= 0.6 is 0 Å². The maximum absolute atomic E-state index is 8.89. The summed E-state index contributed by atoms with van der Waals surface area (Å²) in [6, 6.07) is 8.00. The molecule has 0 aliphatic carbocycles. The van der Waals surface area contributed by atoms with E-state index in [1.54, 1.807) is 0 Å². The summed E-state index contributed by atoms with van der Waals surface area (Å²) in [5.74, 6) is 0.705. The van der Waals surface area contributed by atoms with Gasteiger partial charge in [-0.25, -0.2) is 0 Å². The summed E-state index contributed by atoms with van der Waals surface area (Å²) in [7, 11) is 0. The molecule has 0 radical (unpaired) electrons. The zero-order valence-electron chi connectivity index (χ0n) is 11.3. The summed E-state index contributed by atoms with van der Waals surface area (Å²) >= 11 is 0. The van der Waals surface area contributed by atoms with Crippen LogP contribution in [0.4, 0.5) is 11.4 Å². The molecular formula is C14H21N3O. The number of benzene rings is 1. The molecule has 0 heterocycles. The first-order valence-corrected chi connectivity index (χ1v) is 6.29. The van der Waals surface area contributed by atoms with Gasteiger partial charge in [-0.2, -0.15) is 5.26 Å². The molecule has 2 N–H and O–H groups in total. The van der Waals surface area contributed by atoms with Crippen molar-refractivity contribution >= 4 is 11.4 Å². The minimum Gasteiger partial charge on any atom is -0.492 e. The Morgan fingerprint density at radius 3 is 2.72 bits per heavy atom. The van der Waals surface area contributed by atoms with Gasteiger partial charge in [0.2, 0.25) is 0 Å². The lowest BCUT2D eigenvalue weighted by Crippen LogP contribution is -2.27. The number of nitrogens with zero attached hydrogens (tertiary/aromatic N) is 2. The maximum Gasteiger partial charge on any atom is 0.144 e. The normalized spacial score (nSPS) is 11.7. The minimum absolute atomic E-state index is 0.00181. The van der Waals surface area contributed by atoms with Crippen LogP contribution in [0.1, 0.15) is 20.8 Å². The molecule has 4 nitrogen and oxygen atoms in total. The molecule has 0 aromatic heterocycles. The second kappa shape index (κ2) is 6.75. The molecule has 1 unspecified atom stereocenters. The van der Waals surface area contributed by atoms with Crippen LogP contribution in [0.25, 0.3) is 0 Å². The molecular weight excluding hydrogens is 226 g/mol. The van der Waals surface area contributed by atoms with Crippen molar-refractivity contribution in [2.45, 2.75) is 20.8 Å². The van der Waals surface area contributed by atoms with Gasteiger partial charge >= 0.3 is 0 Å². The molecule has 98 valence electrons. The van der Waals surface area contributed by atoms with Crippen LogP contribution in [0.2, 0.25) is 0 Å². The van der Waals surface area contributed by atoms with E-state index in [9.17, 15) is 0 Å². The Hall–Kier alpha value is -1.89. The summed E-state index contributed by atoms with van der Waals surface area (Å²) in [5.41, 5.74) is 7.53. The SMILES string of the molecule is CCOc1cc(N(CC)CC(C)C#N)ccc1N. The van der Waals surface area contributed by atoms with Gasteiger partial charge in [-0.1, -0.05) is 0 Å². The first kappa shape index (κ1) is 14.2. The largest absolute Gasteiger partial charge is 0.492 e. The Morgan fingerprint density at radius 1 is 1.44 bits per heavy atom. The Labute approximate surface area is 109 Å². The molecule has 18 heavy (non-hydrogen) atoms. The molecule has 1 aromatic carbocycles. The molecule has 1 rings (SSSR count). The van der Waals surface area contributed by atoms with Crippen molar-refractivity contribution in [1.82, 2.24) is 0 Å². The van der Waals surface area contributed by atoms with E-state index in [0.717, 1.165) is 12.2 Å².